The highest BCUT2D eigenvalue weighted by atomic mass is 16.6. The molecule has 0 aliphatic heterocycles. The van der Waals surface area contributed by atoms with Gasteiger partial charge in [-0.05, 0) is 57.8 Å². The molecule has 386 valence electrons. The summed E-state index contributed by atoms with van der Waals surface area (Å²) < 4.78 is 17.5. The zero-order valence-corrected chi connectivity index (χ0v) is 44.5. The number of allylic oxidation sites excluding steroid dienone is 8. The van der Waals surface area contributed by atoms with E-state index in [1.54, 1.807) is 0 Å². The summed E-state index contributed by atoms with van der Waals surface area (Å²) in [7, 11) is 0. The van der Waals surface area contributed by atoms with Gasteiger partial charge in [0.05, 0.1) is 6.61 Å². The maximum absolute atomic E-state index is 12.8. The first-order chi connectivity index (χ1) is 32.6. The Balaban J connectivity index is 4.23. The van der Waals surface area contributed by atoms with Gasteiger partial charge in [0.1, 0.15) is 6.61 Å². The summed E-state index contributed by atoms with van der Waals surface area (Å²) in [6.07, 6.45) is 71.3. The van der Waals surface area contributed by atoms with Crippen molar-refractivity contribution >= 4 is 11.9 Å². The monoisotopic (exact) mass is 925 g/mol. The molecular weight excluding hydrogens is 813 g/mol. The number of carbonyl (C=O) groups excluding carboxylic acids is 2. The number of carbonyl (C=O) groups is 2. The molecule has 0 radical (unpaired) electrons. The van der Waals surface area contributed by atoms with Crippen LogP contribution in [-0.4, -0.2) is 37.9 Å². The van der Waals surface area contributed by atoms with Crippen molar-refractivity contribution in [2.75, 3.05) is 19.8 Å². The van der Waals surface area contributed by atoms with Crippen molar-refractivity contribution < 1.29 is 23.8 Å². The minimum atomic E-state index is -0.538. The third-order valence-electron chi connectivity index (χ3n) is 12.9. The third-order valence-corrected chi connectivity index (χ3v) is 12.9. The van der Waals surface area contributed by atoms with E-state index in [9.17, 15) is 9.59 Å². The Bertz CT molecular complexity index is 1090. The van der Waals surface area contributed by atoms with Gasteiger partial charge in [-0.3, -0.25) is 9.59 Å². The van der Waals surface area contributed by atoms with E-state index in [0.29, 0.717) is 19.4 Å². The van der Waals surface area contributed by atoms with Crippen molar-refractivity contribution in [1.29, 1.82) is 0 Å². The topological polar surface area (TPSA) is 61.8 Å². The van der Waals surface area contributed by atoms with Crippen molar-refractivity contribution in [2.45, 2.75) is 309 Å². The second-order valence-corrected chi connectivity index (χ2v) is 19.5. The van der Waals surface area contributed by atoms with Gasteiger partial charge in [-0.2, -0.15) is 0 Å². The van der Waals surface area contributed by atoms with Crippen molar-refractivity contribution in [3.05, 3.63) is 48.6 Å². The lowest BCUT2D eigenvalue weighted by molar-refractivity contribution is -0.163. The lowest BCUT2D eigenvalue weighted by Crippen LogP contribution is -2.30. The first kappa shape index (κ1) is 63.9. The van der Waals surface area contributed by atoms with Gasteiger partial charge in [0.15, 0.2) is 6.10 Å². The Labute approximate surface area is 412 Å². The highest BCUT2D eigenvalue weighted by molar-refractivity contribution is 5.70. The molecule has 0 saturated heterocycles. The maximum atomic E-state index is 12.8. The molecule has 5 nitrogen and oxygen atoms in total. The summed E-state index contributed by atoms with van der Waals surface area (Å²) in [5.41, 5.74) is 0. The van der Waals surface area contributed by atoms with Crippen molar-refractivity contribution in [3.8, 4) is 0 Å². The van der Waals surface area contributed by atoms with Gasteiger partial charge in [0, 0.05) is 19.4 Å². The molecule has 5 heteroatoms. The standard InChI is InChI=1S/C61H112O5/c1-4-7-10-13-16-19-22-25-27-29-30-31-33-35-38-41-44-47-50-53-56-64-57-59(66-61(63)55-52-49-46-43-40-36-24-21-18-15-12-9-6-3)58-65-60(62)54-51-48-45-42-39-37-34-32-28-26-23-20-17-14-11-8-5-2/h7,10,16,19,25,27,30-31,59H,4-6,8-9,11-15,17-18,20-24,26,28-29,32-58H2,1-3H3/b10-7-,19-16-,27-25-,31-30-. The van der Waals surface area contributed by atoms with Gasteiger partial charge in [-0.1, -0.05) is 281 Å². The Morgan fingerprint density at radius 2 is 0.682 bits per heavy atom. The van der Waals surface area contributed by atoms with Crippen LogP contribution in [0.15, 0.2) is 48.6 Å². The average molecular weight is 926 g/mol. The predicted molar refractivity (Wildman–Crippen MR) is 288 cm³/mol. The van der Waals surface area contributed by atoms with Crippen LogP contribution in [-0.2, 0) is 23.8 Å². The summed E-state index contributed by atoms with van der Waals surface area (Å²) in [6.45, 7) is 7.75. The Morgan fingerprint density at radius 1 is 0.348 bits per heavy atom. The molecule has 0 aromatic carbocycles. The lowest BCUT2D eigenvalue weighted by atomic mass is 10.0. The van der Waals surface area contributed by atoms with Gasteiger partial charge in [-0.15, -0.1) is 0 Å². The summed E-state index contributed by atoms with van der Waals surface area (Å²) in [5.74, 6) is -0.384. The Hall–Kier alpha value is -2.14. The second-order valence-electron chi connectivity index (χ2n) is 19.5. The molecule has 0 saturated carbocycles. The SMILES string of the molecule is CC/C=C\C/C=C\C/C=C\C/C=C\CCCCCCCCCOCC(COC(=O)CCCCCCCCCCCCCCCCCCC)OC(=O)CCCCCCCCCCCCCCC. The number of rotatable bonds is 54. The van der Waals surface area contributed by atoms with E-state index in [0.717, 1.165) is 64.2 Å². The number of hydrogen-bond donors (Lipinski definition) is 0. The van der Waals surface area contributed by atoms with Crippen LogP contribution in [0.25, 0.3) is 0 Å². The molecule has 0 aromatic rings. The second kappa shape index (κ2) is 57.2. The molecule has 0 heterocycles. The van der Waals surface area contributed by atoms with Crippen molar-refractivity contribution in [2.24, 2.45) is 0 Å². The summed E-state index contributed by atoms with van der Waals surface area (Å²) in [4.78, 5) is 25.5. The molecular formula is C61H112O5. The maximum Gasteiger partial charge on any atom is 0.306 e. The molecule has 66 heavy (non-hydrogen) atoms. The molecule has 0 rings (SSSR count). The third kappa shape index (κ3) is 54.5. The largest absolute Gasteiger partial charge is 0.462 e. The van der Waals surface area contributed by atoms with Crippen LogP contribution in [0.5, 0.6) is 0 Å². The number of esters is 2. The molecule has 0 bridgehead atoms. The number of unbranched alkanes of at least 4 members (excludes halogenated alkanes) is 35. The molecule has 0 amide bonds. The van der Waals surface area contributed by atoms with E-state index in [-0.39, 0.29) is 25.2 Å². The lowest BCUT2D eigenvalue weighted by Gasteiger charge is -2.18. The van der Waals surface area contributed by atoms with Gasteiger partial charge < -0.3 is 14.2 Å². The van der Waals surface area contributed by atoms with E-state index in [1.165, 1.54) is 205 Å². The van der Waals surface area contributed by atoms with E-state index in [4.69, 9.17) is 14.2 Å². The van der Waals surface area contributed by atoms with Gasteiger partial charge >= 0.3 is 11.9 Å². The van der Waals surface area contributed by atoms with E-state index in [1.807, 2.05) is 0 Å². The van der Waals surface area contributed by atoms with Crippen LogP contribution in [0, 0.1) is 0 Å². The van der Waals surface area contributed by atoms with Gasteiger partial charge in [0.25, 0.3) is 0 Å². The van der Waals surface area contributed by atoms with Crippen LogP contribution in [0.3, 0.4) is 0 Å². The van der Waals surface area contributed by atoms with Crippen molar-refractivity contribution in [1.82, 2.24) is 0 Å². The minimum Gasteiger partial charge on any atom is -0.462 e. The average Bonchev–Trinajstić information content (AvgIpc) is 3.32. The minimum absolute atomic E-state index is 0.0864. The molecule has 1 atom stereocenters. The first-order valence-electron chi connectivity index (χ1n) is 29.2. The molecule has 0 fully saturated rings. The molecule has 0 N–H and O–H groups in total. The van der Waals surface area contributed by atoms with E-state index >= 15 is 0 Å². The fourth-order valence-electron chi connectivity index (χ4n) is 8.56. The number of hydrogen-bond acceptors (Lipinski definition) is 5. The van der Waals surface area contributed by atoms with Crippen LogP contribution in [0.4, 0.5) is 0 Å². The van der Waals surface area contributed by atoms with Gasteiger partial charge in [0.2, 0.25) is 0 Å². The fourth-order valence-corrected chi connectivity index (χ4v) is 8.56. The van der Waals surface area contributed by atoms with Crippen LogP contribution < -0.4 is 0 Å². The predicted octanol–water partition coefficient (Wildman–Crippen LogP) is 19.9. The summed E-state index contributed by atoms with van der Waals surface area (Å²) >= 11 is 0. The van der Waals surface area contributed by atoms with Crippen molar-refractivity contribution in [3.63, 3.8) is 0 Å². The summed E-state index contributed by atoms with van der Waals surface area (Å²) in [6, 6.07) is 0. The Kier molecular flexibility index (Phi) is 55.3. The van der Waals surface area contributed by atoms with Gasteiger partial charge in [-0.25, -0.2) is 0 Å². The highest BCUT2D eigenvalue weighted by Crippen LogP contribution is 2.17. The molecule has 0 aliphatic carbocycles. The quantitative estimate of drug-likeness (QED) is 0.0345. The zero-order chi connectivity index (χ0) is 47.7. The molecule has 0 spiro atoms. The normalized spacial score (nSPS) is 12.5. The van der Waals surface area contributed by atoms with E-state index < -0.39 is 6.10 Å². The molecule has 0 aliphatic rings. The number of ether oxygens (including phenoxy) is 3. The molecule has 0 aromatic heterocycles. The van der Waals surface area contributed by atoms with Crippen LogP contribution >= 0.6 is 0 Å². The smallest absolute Gasteiger partial charge is 0.306 e. The van der Waals surface area contributed by atoms with Crippen LogP contribution in [0.2, 0.25) is 0 Å². The first-order valence-corrected chi connectivity index (χ1v) is 29.2. The Morgan fingerprint density at radius 3 is 1.09 bits per heavy atom. The fraction of sp³-hybridized carbons (Fsp3) is 0.836. The summed E-state index contributed by atoms with van der Waals surface area (Å²) in [5, 5.41) is 0. The van der Waals surface area contributed by atoms with E-state index in [2.05, 4.69) is 69.4 Å². The zero-order valence-electron chi connectivity index (χ0n) is 44.5. The molecule has 1 unspecified atom stereocenters. The van der Waals surface area contributed by atoms with Crippen LogP contribution in [0.1, 0.15) is 303 Å². The highest BCUT2D eigenvalue weighted by Gasteiger charge is 2.17.